The van der Waals surface area contributed by atoms with Crippen LogP contribution in [-0.2, 0) is 0 Å². The Bertz CT molecular complexity index is 451. The maximum Gasteiger partial charge on any atom is 0.126 e. The Hall–Kier alpha value is -1.19. The van der Waals surface area contributed by atoms with Gasteiger partial charge in [-0.2, -0.15) is 11.3 Å². The molecule has 1 aromatic carbocycles. The number of hydrogen-bond acceptors (Lipinski definition) is 2. The SMILES string of the molecule is Cc1cc([C@@H](N)c2ccsc2)ccc1F. The van der Waals surface area contributed by atoms with E-state index in [1.165, 1.54) is 6.07 Å². The predicted molar refractivity (Wildman–Crippen MR) is 61.5 cm³/mol. The maximum absolute atomic E-state index is 13.1. The zero-order chi connectivity index (χ0) is 10.8. The highest BCUT2D eigenvalue weighted by molar-refractivity contribution is 7.08. The fraction of sp³-hybridized carbons (Fsp3) is 0.167. The summed E-state index contributed by atoms with van der Waals surface area (Å²) in [4.78, 5) is 0. The van der Waals surface area contributed by atoms with Gasteiger partial charge in [0.15, 0.2) is 0 Å². The van der Waals surface area contributed by atoms with Crippen molar-refractivity contribution in [2.75, 3.05) is 0 Å². The van der Waals surface area contributed by atoms with Crippen LogP contribution in [0.25, 0.3) is 0 Å². The molecule has 2 N–H and O–H groups in total. The van der Waals surface area contributed by atoms with Crippen LogP contribution in [0.3, 0.4) is 0 Å². The van der Waals surface area contributed by atoms with E-state index < -0.39 is 0 Å². The van der Waals surface area contributed by atoms with Crippen molar-refractivity contribution in [1.29, 1.82) is 0 Å². The van der Waals surface area contributed by atoms with Gasteiger partial charge in [0.2, 0.25) is 0 Å². The average Bonchev–Trinajstić information content (AvgIpc) is 2.74. The minimum Gasteiger partial charge on any atom is -0.320 e. The lowest BCUT2D eigenvalue weighted by atomic mass is 10.0. The van der Waals surface area contributed by atoms with Crippen molar-refractivity contribution in [1.82, 2.24) is 0 Å². The molecule has 0 bridgehead atoms. The molecule has 0 aliphatic heterocycles. The van der Waals surface area contributed by atoms with Crippen LogP contribution >= 0.6 is 11.3 Å². The second kappa shape index (κ2) is 4.13. The molecule has 0 aliphatic carbocycles. The Labute approximate surface area is 92.4 Å². The first kappa shape index (κ1) is 10.3. The molecular weight excluding hydrogens is 209 g/mol. The van der Waals surface area contributed by atoms with Crippen LogP contribution in [0, 0.1) is 12.7 Å². The first-order valence-corrected chi connectivity index (χ1v) is 5.66. The van der Waals surface area contributed by atoms with Crippen molar-refractivity contribution >= 4 is 11.3 Å². The van der Waals surface area contributed by atoms with E-state index in [9.17, 15) is 4.39 Å². The van der Waals surface area contributed by atoms with E-state index >= 15 is 0 Å². The molecule has 0 saturated heterocycles. The van der Waals surface area contributed by atoms with Gasteiger partial charge in [0.25, 0.3) is 0 Å². The lowest BCUT2D eigenvalue weighted by Crippen LogP contribution is -2.11. The number of thiophene rings is 1. The molecule has 1 nitrogen and oxygen atoms in total. The van der Waals surface area contributed by atoms with Crippen molar-refractivity contribution in [3.05, 3.63) is 57.5 Å². The molecule has 0 radical (unpaired) electrons. The quantitative estimate of drug-likeness (QED) is 0.827. The molecule has 0 fully saturated rings. The van der Waals surface area contributed by atoms with E-state index in [4.69, 9.17) is 5.73 Å². The fourth-order valence-electron chi connectivity index (χ4n) is 1.51. The van der Waals surface area contributed by atoms with Gasteiger partial charge in [0.05, 0.1) is 6.04 Å². The van der Waals surface area contributed by atoms with Crippen LogP contribution in [0.1, 0.15) is 22.7 Å². The molecule has 0 saturated carbocycles. The van der Waals surface area contributed by atoms with Gasteiger partial charge in [0.1, 0.15) is 5.82 Å². The summed E-state index contributed by atoms with van der Waals surface area (Å²) < 4.78 is 13.1. The summed E-state index contributed by atoms with van der Waals surface area (Å²) in [6.45, 7) is 1.75. The van der Waals surface area contributed by atoms with Gasteiger partial charge >= 0.3 is 0 Å². The molecule has 0 amide bonds. The van der Waals surface area contributed by atoms with E-state index in [1.807, 2.05) is 16.8 Å². The van der Waals surface area contributed by atoms with Crippen LogP contribution in [0.5, 0.6) is 0 Å². The summed E-state index contributed by atoms with van der Waals surface area (Å²) in [6, 6.07) is 6.85. The van der Waals surface area contributed by atoms with Crippen molar-refractivity contribution in [3.8, 4) is 0 Å². The van der Waals surface area contributed by atoms with Crippen molar-refractivity contribution in [2.45, 2.75) is 13.0 Å². The number of benzene rings is 1. The van der Waals surface area contributed by atoms with Crippen LogP contribution in [0.4, 0.5) is 4.39 Å². The van der Waals surface area contributed by atoms with Gasteiger partial charge in [-0.1, -0.05) is 12.1 Å². The zero-order valence-corrected chi connectivity index (χ0v) is 9.22. The average molecular weight is 221 g/mol. The first-order valence-electron chi connectivity index (χ1n) is 4.72. The van der Waals surface area contributed by atoms with E-state index in [0.29, 0.717) is 5.56 Å². The molecule has 0 spiro atoms. The van der Waals surface area contributed by atoms with Gasteiger partial charge in [-0.15, -0.1) is 0 Å². The standard InChI is InChI=1S/C12H12FNS/c1-8-6-9(2-3-11(8)13)12(14)10-4-5-15-7-10/h2-7,12H,14H2,1H3/t12-/m1/s1. The second-order valence-electron chi connectivity index (χ2n) is 3.54. The smallest absolute Gasteiger partial charge is 0.126 e. The number of halogens is 1. The van der Waals surface area contributed by atoms with Gasteiger partial charge < -0.3 is 5.73 Å². The summed E-state index contributed by atoms with van der Waals surface area (Å²) in [6.07, 6.45) is 0. The Morgan fingerprint density at radius 3 is 2.67 bits per heavy atom. The molecule has 2 rings (SSSR count). The largest absolute Gasteiger partial charge is 0.320 e. The molecule has 0 unspecified atom stereocenters. The van der Waals surface area contributed by atoms with Crippen LogP contribution in [-0.4, -0.2) is 0 Å². The molecule has 1 aromatic heterocycles. The van der Waals surface area contributed by atoms with Crippen LogP contribution < -0.4 is 5.73 Å². The Morgan fingerprint density at radius 1 is 1.27 bits per heavy atom. The second-order valence-corrected chi connectivity index (χ2v) is 4.32. The third kappa shape index (κ3) is 2.08. The lowest BCUT2D eigenvalue weighted by Gasteiger charge is -2.11. The minimum absolute atomic E-state index is 0.157. The maximum atomic E-state index is 13.1. The molecule has 1 heterocycles. The van der Waals surface area contributed by atoms with Crippen LogP contribution in [0.2, 0.25) is 0 Å². The van der Waals surface area contributed by atoms with E-state index in [1.54, 1.807) is 30.4 Å². The van der Waals surface area contributed by atoms with E-state index in [0.717, 1.165) is 11.1 Å². The lowest BCUT2D eigenvalue weighted by molar-refractivity contribution is 0.617. The molecule has 0 aliphatic rings. The minimum atomic E-state index is -0.184. The number of rotatable bonds is 2. The summed E-state index contributed by atoms with van der Waals surface area (Å²) in [5, 5.41) is 4.01. The van der Waals surface area contributed by atoms with Gasteiger partial charge in [0, 0.05) is 0 Å². The molecule has 3 heteroatoms. The summed E-state index contributed by atoms with van der Waals surface area (Å²) in [5.41, 5.74) is 8.73. The van der Waals surface area contributed by atoms with Crippen molar-refractivity contribution in [3.63, 3.8) is 0 Å². The molecule has 78 valence electrons. The Kier molecular flexibility index (Phi) is 2.84. The molecule has 2 aromatic rings. The highest BCUT2D eigenvalue weighted by atomic mass is 32.1. The third-order valence-corrected chi connectivity index (χ3v) is 3.14. The predicted octanol–water partition coefficient (Wildman–Crippen LogP) is 3.24. The molecular formula is C12H12FNS. The Morgan fingerprint density at radius 2 is 2.07 bits per heavy atom. The molecule has 15 heavy (non-hydrogen) atoms. The zero-order valence-electron chi connectivity index (χ0n) is 8.41. The topological polar surface area (TPSA) is 26.0 Å². The van der Waals surface area contributed by atoms with Gasteiger partial charge in [-0.3, -0.25) is 0 Å². The monoisotopic (exact) mass is 221 g/mol. The number of aryl methyl sites for hydroxylation is 1. The van der Waals surface area contributed by atoms with Crippen molar-refractivity contribution in [2.24, 2.45) is 5.73 Å². The summed E-state index contributed by atoms with van der Waals surface area (Å²) >= 11 is 1.62. The fourth-order valence-corrected chi connectivity index (χ4v) is 2.20. The molecule has 1 atom stereocenters. The van der Waals surface area contributed by atoms with Crippen LogP contribution in [0.15, 0.2) is 35.0 Å². The van der Waals surface area contributed by atoms with E-state index in [-0.39, 0.29) is 11.9 Å². The van der Waals surface area contributed by atoms with Gasteiger partial charge in [-0.25, -0.2) is 4.39 Å². The number of nitrogens with two attached hydrogens (primary N) is 1. The first-order chi connectivity index (χ1) is 7.18. The highest BCUT2D eigenvalue weighted by Crippen LogP contribution is 2.23. The Balaban J connectivity index is 2.34. The third-order valence-electron chi connectivity index (χ3n) is 2.44. The summed E-state index contributed by atoms with van der Waals surface area (Å²) in [7, 11) is 0. The van der Waals surface area contributed by atoms with Gasteiger partial charge in [-0.05, 0) is 46.5 Å². The van der Waals surface area contributed by atoms with Crippen molar-refractivity contribution < 1.29 is 4.39 Å². The number of hydrogen-bond donors (Lipinski definition) is 1. The highest BCUT2D eigenvalue weighted by Gasteiger charge is 2.10. The van der Waals surface area contributed by atoms with E-state index in [2.05, 4.69) is 0 Å². The summed E-state index contributed by atoms with van der Waals surface area (Å²) in [5.74, 6) is -0.184. The normalized spacial score (nSPS) is 12.7.